The van der Waals surface area contributed by atoms with Crippen LogP contribution < -0.4 is 5.48 Å². The maximum atomic E-state index is 14.6. The average Bonchev–Trinajstić information content (AvgIpc) is 2.65. The number of likely N-dealkylation sites (tertiary alicyclic amines) is 1. The molecule has 2 fully saturated rings. The first-order valence-corrected chi connectivity index (χ1v) is 10.1. The minimum absolute atomic E-state index is 0.184. The molecule has 1 amide bonds. The number of fused-ring (bicyclic) bond motifs is 1. The van der Waals surface area contributed by atoms with Crippen LogP contribution in [0.3, 0.4) is 0 Å². The molecule has 27 heavy (non-hydrogen) atoms. The number of halogens is 1. The van der Waals surface area contributed by atoms with Crippen LogP contribution in [0.25, 0.3) is 0 Å². The zero-order chi connectivity index (χ0) is 19.2. The van der Waals surface area contributed by atoms with Gasteiger partial charge in [-0.15, -0.1) is 0 Å². The number of nitrogens with zero attached hydrogens (tertiary/aromatic N) is 2. The van der Waals surface area contributed by atoms with Crippen LogP contribution in [-0.2, 0) is 13.0 Å². The minimum atomic E-state index is -0.658. The third-order valence-electron chi connectivity index (χ3n) is 7.24. The second-order valence-electron chi connectivity index (χ2n) is 8.84. The van der Waals surface area contributed by atoms with Gasteiger partial charge in [0.2, 0.25) is 0 Å². The highest BCUT2D eigenvalue weighted by Crippen LogP contribution is 2.52. The van der Waals surface area contributed by atoms with Gasteiger partial charge in [0.15, 0.2) is 0 Å². The van der Waals surface area contributed by atoms with Crippen LogP contribution in [0.2, 0.25) is 0 Å². The molecule has 1 aromatic rings. The van der Waals surface area contributed by atoms with Crippen molar-refractivity contribution in [3.8, 4) is 0 Å². The monoisotopic (exact) mass is 375 g/mol. The first-order chi connectivity index (χ1) is 12.9. The molecule has 0 bridgehead atoms. The van der Waals surface area contributed by atoms with E-state index in [9.17, 15) is 9.18 Å². The van der Waals surface area contributed by atoms with Crippen LogP contribution >= 0.6 is 0 Å². The van der Waals surface area contributed by atoms with Crippen LogP contribution in [0.5, 0.6) is 0 Å². The zero-order valence-electron chi connectivity index (χ0n) is 16.3. The quantitative estimate of drug-likeness (QED) is 0.630. The predicted molar refractivity (Wildman–Crippen MR) is 101 cm³/mol. The van der Waals surface area contributed by atoms with Crippen LogP contribution in [0.1, 0.15) is 60.5 Å². The van der Waals surface area contributed by atoms with Crippen LogP contribution in [0.15, 0.2) is 12.1 Å². The van der Waals surface area contributed by atoms with Crippen molar-refractivity contribution in [1.29, 1.82) is 0 Å². The Morgan fingerprint density at radius 2 is 2.04 bits per heavy atom. The SMILES string of the molecule is CC[C@H]1Cc2c(F)cc(C(=O)NO)cc2CN1C1CC2(CCN(C)CC2)C1. The maximum absolute atomic E-state index is 14.6. The van der Waals surface area contributed by atoms with Crippen molar-refractivity contribution in [3.63, 3.8) is 0 Å². The van der Waals surface area contributed by atoms with Crippen LogP contribution in [0.4, 0.5) is 4.39 Å². The number of rotatable bonds is 3. The van der Waals surface area contributed by atoms with Crippen molar-refractivity contribution in [1.82, 2.24) is 15.3 Å². The second-order valence-corrected chi connectivity index (χ2v) is 8.84. The maximum Gasteiger partial charge on any atom is 0.274 e. The Kier molecular flexibility index (Phi) is 4.99. The smallest absolute Gasteiger partial charge is 0.274 e. The summed E-state index contributed by atoms with van der Waals surface area (Å²) >= 11 is 0. The molecule has 148 valence electrons. The highest BCUT2D eigenvalue weighted by molar-refractivity contribution is 5.93. The number of hydrogen-bond acceptors (Lipinski definition) is 4. The summed E-state index contributed by atoms with van der Waals surface area (Å²) < 4.78 is 14.6. The largest absolute Gasteiger partial charge is 0.306 e. The third kappa shape index (κ3) is 3.39. The lowest BCUT2D eigenvalue weighted by molar-refractivity contribution is -0.0610. The summed E-state index contributed by atoms with van der Waals surface area (Å²) in [7, 11) is 2.20. The van der Waals surface area contributed by atoms with Crippen molar-refractivity contribution < 1.29 is 14.4 Å². The minimum Gasteiger partial charge on any atom is -0.306 e. The molecule has 2 aliphatic heterocycles. The summed E-state index contributed by atoms with van der Waals surface area (Å²) in [5.74, 6) is -0.987. The highest BCUT2D eigenvalue weighted by Gasteiger charge is 2.49. The summed E-state index contributed by atoms with van der Waals surface area (Å²) in [6.07, 6.45) is 6.76. The molecule has 0 radical (unpaired) electrons. The topological polar surface area (TPSA) is 55.8 Å². The molecule has 1 saturated heterocycles. The van der Waals surface area contributed by atoms with Crippen molar-refractivity contribution in [3.05, 3.63) is 34.6 Å². The molecule has 1 saturated carbocycles. The molecule has 6 heteroatoms. The van der Waals surface area contributed by atoms with Gasteiger partial charge in [-0.2, -0.15) is 0 Å². The fourth-order valence-corrected chi connectivity index (χ4v) is 5.42. The van der Waals surface area contributed by atoms with Gasteiger partial charge in [-0.25, -0.2) is 9.87 Å². The lowest BCUT2D eigenvalue weighted by Gasteiger charge is -2.57. The number of carbonyl (C=O) groups excluding carboxylic acids is 1. The van der Waals surface area contributed by atoms with E-state index in [1.807, 2.05) is 0 Å². The van der Waals surface area contributed by atoms with E-state index in [0.717, 1.165) is 17.5 Å². The average molecular weight is 375 g/mol. The molecular formula is C21H30FN3O2. The van der Waals surface area contributed by atoms with Crippen molar-refractivity contribution >= 4 is 5.91 Å². The molecule has 2 N–H and O–H groups in total. The van der Waals surface area contributed by atoms with Gasteiger partial charge >= 0.3 is 0 Å². The molecule has 1 aromatic carbocycles. The number of benzene rings is 1. The van der Waals surface area contributed by atoms with E-state index < -0.39 is 5.91 Å². The fourth-order valence-electron chi connectivity index (χ4n) is 5.42. The second kappa shape index (κ2) is 7.15. The fraction of sp³-hybridized carbons (Fsp3) is 0.667. The number of carbonyl (C=O) groups is 1. The van der Waals surface area contributed by atoms with Gasteiger partial charge in [-0.05, 0) is 87.3 Å². The number of piperidine rings is 1. The van der Waals surface area contributed by atoms with Gasteiger partial charge in [0.05, 0.1) is 0 Å². The Morgan fingerprint density at radius 3 is 2.67 bits per heavy atom. The van der Waals surface area contributed by atoms with E-state index in [-0.39, 0.29) is 11.4 Å². The summed E-state index contributed by atoms with van der Waals surface area (Å²) in [4.78, 5) is 16.7. The van der Waals surface area contributed by atoms with E-state index in [0.29, 0.717) is 30.5 Å². The molecule has 0 aromatic heterocycles. The molecule has 1 atom stereocenters. The summed E-state index contributed by atoms with van der Waals surface area (Å²) in [6, 6.07) is 3.90. The predicted octanol–water partition coefficient (Wildman–Crippen LogP) is 2.96. The van der Waals surface area contributed by atoms with Crippen molar-refractivity contribution in [2.45, 2.75) is 64.1 Å². The molecule has 0 unspecified atom stereocenters. The van der Waals surface area contributed by atoms with Crippen LogP contribution in [0, 0.1) is 11.2 Å². The first kappa shape index (κ1) is 18.8. The van der Waals surface area contributed by atoms with E-state index in [1.165, 1.54) is 44.8 Å². The van der Waals surface area contributed by atoms with Gasteiger partial charge < -0.3 is 4.90 Å². The van der Waals surface area contributed by atoms with Gasteiger partial charge in [-0.1, -0.05) is 6.92 Å². The highest BCUT2D eigenvalue weighted by atomic mass is 19.1. The molecule has 2 heterocycles. The van der Waals surface area contributed by atoms with E-state index in [2.05, 4.69) is 23.8 Å². The summed E-state index contributed by atoms with van der Waals surface area (Å²) in [6.45, 7) is 5.26. The number of hydrogen-bond donors (Lipinski definition) is 2. The van der Waals surface area contributed by atoms with Gasteiger partial charge in [-0.3, -0.25) is 14.9 Å². The third-order valence-corrected chi connectivity index (χ3v) is 7.24. The Labute approximate surface area is 160 Å². The molecule has 1 aliphatic carbocycles. The molecule has 3 aliphatic rings. The molecule has 5 nitrogen and oxygen atoms in total. The first-order valence-electron chi connectivity index (χ1n) is 10.1. The van der Waals surface area contributed by atoms with Gasteiger partial charge in [0, 0.05) is 24.2 Å². The van der Waals surface area contributed by atoms with Crippen molar-refractivity contribution in [2.75, 3.05) is 20.1 Å². The van der Waals surface area contributed by atoms with Gasteiger partial charge in [0.1, 0.15) is 5.82 Å². The standard InChI is InChI=1S/C21H30FN3O2/c1-3-16-10-18-15(8-14(9-19(18)22)20(26)23-27)13-25(16)17-11-21(12-17)4-6-24(2)7-5-21/h8-9,16-17,27H,3-7,10-13H2,1-2H3,(H,23,26)/t16-/m0/s1. The summed E-state index contributed by atoms with van der Waals surface area (Å²) in [5.41, 5.74) is 3.94. The Bertz CT molecular complexity index is 722. The zero-order valence-corrected chi connectivity index (χ0v) is 16.3. The normalized spacial score (nSPS) is 25.9. The van der Waals surface area contributed by atoms with Crippen LogP contribution in [-0.4, -0.2) is 53.1 Å². The lowest BCUT2D eigenvalue weighted by Crippen LogP contribution is -2.58. The number of amides is 1. The van der Waals surface area contributed by atoms with E-state index >= 15 is 0 Å². The van der Waals surface area contributed by atoms with E-state index in [4.69, 9.17) is 5.21 Å². The molecular weight excluding hydrogens is 345 g/mol. The molecule has 1 spiro atoms. The Hall–Kier alpha value is -1.50. The number of nitrogens with one attached hydrogen (secondary N) is 1. The number of hydroxylamine groups is 1. The van der Waals surface area contributed by atoms with E-state index in [1.54, 1.807) is 11.5 Å². The Balaban J connectivity index is 1.52. The Morgan fingerprint density at radius 1 is 1.33 bits per heavy atom. The summed E-state index contributed by atoms with van der Waals surface area (Å²) in [5, 5.41) is 8.87. The van der Waals surface area contributed by atoms with Gasteiger partial charge in [0.25, 0.3) is 5.91 Å². The molecule has 4 rings (SSSR count). The van der Waals surface area contributed by atoms with Crippen molar-refractivity contribution in [2.24, 2.45) is 5.41 Å². The lowest BCUT2D eigenvalue weighted by atomic mass is 9.59.